The highest BCUT2D eigenvalue weighted by Gasteiger charge is 2.14. The number of benzene rings is 3. The molecule has 0 aliphatic heterocycles. The lowest BCUT2D eigenvalue weighted by Crippen LogP contribution is -2.26. The normalized spacial score (nSPS) is 12.0. The van der Waals surface area contributed by atoms with Crippen molar-refractivity contribution in [3.8, 4) is 5.69 Å². The number of carbonyl (C=O) groups is 1. The molecule has 4 aromatic rings. The first-order valence-corrected chi connectivity index (χ1v) is 8.46. The van der Waals surface area contributed by atoms with Crippen molar-refractivity contribution in [2.45, 2.75) is 13.0 Å². The molecule has 5 nitrogen and oxygen atoms in total. The van der Waals surface area contributed by atoms with Gasteiger partial charge >= 0.3 is 0 Å². The van der Waals surface area contributed by atoms with Gasteiger partial charge in [-0.05, 0) is 41.5 Å². The van der Waals surface area contributed by atoms with Crippen LogP contribution in [0.4, 0.5) is 0 Å². The van der Waals surface area contributed by atoms with Gasteiger partial charge in [0.2, 0.25) is 0 Å². The fourth-order valence-corrected chi connectivity index (χ4v) is 3.04. The maximum absolute atomic E-state index is 12.8. The van der Waals surface area contributed by atoms with Gasteiger partial charge in [0.15, 0.2) is 0 Å². The summed E-state index contributed by atoms with van der Waals surface area (Å²) >= 11 is 0. The van der Waals surface area contributed by atoms with E-state index < -0.39 is 0 Å². The zero-order valence-corrected chi connectivity index (χ0v) is 14.3. The molecule has 0 aliphatic carbocycles. The Morgan fingerprint density at radius 1 is 1.00 bits per heavy atom. The lowest BCUT2D eigenvalue weighted by atomic mass is 10.0. The molecule has 1 heterocycles. The molecule has 0 saturated heterocycles. The summed E-state index contributed by atoms with van der Waals surface area (Å²) < 4.78 is 1.70. The van der Waals surface area contributed by atoms with Gasteiger partial charge in [-0.1, -0.05) is 48.5 Å². The highest BCUT2D eigenvalue weighted by atomic mass is 16.1. The van der Waals surface area contributed by atoms with Gasteiger partial charge < -0.3 is 5.32 Å². The fourth-order valence-electron chi connectivity index (χ4n) is 3.04. The summed E-state index contributed by atoms with van der Waals surface area (Å²) in [7, 11) is 0. The van der Waals surface area contributed by atoms with Crippen LogP contribution in [0.5, 0.6) is 0 Å². The van der Waals surface area contributed by atoms with E-state index in [9.17, 15) is 4.79 Å². The molecule has 1 amide bonds. The van der Waals surface area contributed by atoms with Crippen molar-refractivity contribution < 1.29 is 4.79 Å². The van der Waals surface area contributed by atoms with E-state index in [1.165, 1.54) is 6.33 Å². The molecule has 0 radical (unpaired) electrons. The second-order valence-corrected chi connectivity index (χ2v) is 6.15. The minimum absolute atomic E-state index is 0.0744. The summed E-state index contributed by atoms with van der Waals surface area (Å²) in [6.45, 7) is 1.98. The van der Waals surface area contributed by atoms with Crippen LogP contribution in [0, 0.1) is 0 Å². The molecule has 0 unspecified atom stereocenters. The van der Waals surface area contributed by atoms with Crippen molar-refractivity contribution in [2.75, 3.05) is 0 Å². The molecule has 0 fully saturated rings. The van der Waals surface area contributed by atoms with Crippen LogP contribution < -0.4 is 5.32 Å². The summed E-state index contributed by atoms with van der Waals surface area (Å²) in [6.07, 6.45) is 3.15. The SMILES string of the molecule is C[C@@H](NC(=O)c1cccc2ccccc12)c1ccc(-n2cncn2)cc1. The summed E-state index contributed by atoms with van der Waals surface area (Å²) in [5.74, 6) is -0.0744. The number of rotatable bonds is 4. The van der Waals surface area contributed by atoms with Gasteiger partial charge in [0, 0.05) is 5.56 Å². The molecular weight excluding hydrogens is 324 g/mol. The van der Waals surface area contributed by atoms with Crippen molar-refractivity contribution in [3.63, 3.8) is 0 Å². The van der Waals surface area contributed by atoms with Crippen LogP contribution in [0.3, 0.4) is 0 Å². The van der Waals surface area contributed by atoms with Crippen molar-refractivity contribution in [3.05, 3.63) is 90.5 Å². The molecule has 3 aromatic carbocycles. The van der Waals surface area contributed by atoms with Crippen molar-refractivity contribution >= 4 is 16.7 Å². The number of amides is 1. The van der Waals surface area contributed by atoms with Gasteiger partial charge in [0.05, 0.1) is 11.7 Å². The van der Waals surface area contributed by atoms with Crippen LogP contribution in [0.2, 0.25) is 0 Å². The Hall–Kier alpha value is -3.47. The van der Waals surface area contributed by atoms with Crippen molar-refractivity contribution in [1.82, 2.24) is 20.1 Å². The number of fused-ring (bicyclic) bond motifs is 1. The maximum Gasteiger partial charge on any atom is 0.252 e. The van der Waals surface area contributed by atoms with E-state index >= 15 is 0 Å². The quantitative estimate of drug-likeness (QED) is 0.612. The third kappa shape index (κ3) is 3.07. The summed E-state index contributed by atoms with van der Waals surface area (Å²) in [5, 5.41) is 9.22. The number of hydrogen-bond donors (Lipinski definition) is 1. The Kier molecular flexibility index (Phi) is 4.19. The van der Waals surface area contributed by atoms with Crippen molar-refractivity contribution in [2.24, 2.45) is 0 Å². The van der Waals surface area contributed by atoms with Gasteiger partial charge in [-0.2, -0.15) is 5.10 Å². The van der Waals surface area contributed by atoms with E-state index in [0.717, 1.165) is 22.0 Å². The summed E-state index contributed by atoms with van der Waals surface area (Å²) in [4.78, 5) is 16.7. The molecule has 26 heavy (non-hydrogen) atoms. The van der Waals surface area contributed by atoms with Crippen LogP contribution in [0.25, 0.3) is 16.5 Å². The van der Waals surface area contributed by atoms with Gasteiger partial charge in [0.1, 0.15) is 12.7 Å². The number of aromatic nitrogens is 3. The van der Waals surface area contributed by atoms with E-state index in [4.69, 9.17) is 0 Å². The van der Waals surface area contributed by atoms with Crippen LogP contribution >= 0.6 is 0 Å². The lowest BCUT2D eigenvalue weighted by Gasteiger charge is -2.16. The Labute approximate surface area is 151 Å². The summed E-state index contributed by atoms with van der Waals surface area (Å²) in [6, 6.07) is 21.5. The minimum Gasteiger partial charge on any atom is -0.345 e. The van der Waals surface area contributed by atoms with Gasteiger partial charge in [0.25, 0.3) is 5.91 Å². The molecule has 1 N–H and O–H groups in total. The third-order valence-electron chi connectivity index (χ3n) is 4.46. The predicted octanol–water partition coefficient (Wildman–Crippen LogP) is 3.91. The van der Waals surface area contributed by atoms with E-state index in [0.29, 0.717) is 5.56 Å². The topological polar surface area (TPSA) is 59.8 Å². The molecule has 0 spiro atoms. The number of hydrogen-bond acceptors (Lipinski definition) is 3. The van der Waals surface area contributed by atoms with Gasteiger partial charge in [-0.3, -0.25) is 4.79 Å². The second kappa shape index (κ2) is 6.80. The molecule has 0 saturated carbocycles. The van der Waals surface area contributed by atoms with Crippen molar-refractivity contribution in [1.29, 1.82) is 0 Å². The molecule has 0 aliphatic rings. The molecule has 1 atom stereocenters. The molecule has 128 valence electrons. The van der Waals surface area contributed by atoms with Crippen LogP contribution in [-0.2, 0) is 0 Å². The smallest absolute Gasteiger partial charge is 0.252 e. The van der Waals surface area contributed by atoms with E-state index in [2.05, 4.69) is 15.4 Å². The lowest BCUT2D eigenvalue weighted by molar-refractivity contribution is 0.0941. The first-order valence-electron chi connectivity index (χ1n) is 8.46. The first-order chi connectivity index (χ1) is 12.7. The second-order valence-electron chi connectivity index (χ2n) is 6.15. The number of nitrogens with one attached hydrogen (secondary N) is 1. The Balaban J connectivity index is 1.54. The zero-order valence-electron chi connectivity index (χ0n) is 14.3. The Morgan fingerprint density at radius 3 is 2.54 bits per heavy atom. The maximum atomic E-state index is 12.8. The molecule has 4 rings (SSSR count). The van der Waals surface area contributed by atoms with Gasteiger partial charge in [-0.15, -0.1) is 0 Å². The van der Waals surface area contributed by atoms with E-state index in [1.807, 2.05) is 73.7 Å². The number of nitrogens with zero attached hydrogens (tertiary/aromatic N) is 3. The minimum atomic E-state index is -0.105. The molecule has 0 bridgehead atoms. The molecule has 5 heteroatoms. The zero-order chi connectivity index (χ0) is 17.9. The highest BCUT2D eigenvalue weighted by molar-refractivity contribution is 6.07. The Morgan fingerprint density at radius 2 is 1.77 bits per heavy atom. The monoisotopic (exact) mass is 342 g/mol. The van der Waals surface area contributed by atoms with Gasteiger partial charge in [-0.25, -0.2) is 9.67 Å². The van der Waals surface area contributed by atoms with E-state index in [1.54, 1.807) is 11.0 Å². The molecular formula is C21H18N4O. The average Bonchev–Trinajstić information content (AvgIpc) is 3.22. The standard InChI is InChI=1S/C21H18N4O/c1-15(16-9-11-18(12-10-16)25-14-22-13-23-25)24-21(26)20-8-4-6-17-5-2-3-7-19(17)20/h2-15H,1H3,(H,24,26)/t15-/m1/s1. The highest BCUT2D eigenvalue weighted by Crippen LogP contribution is 2.20. The first kappa shape index (κ1) is 16.0. The fraction of sp³-hybridized carbons (Fsp3) is 0.0952. The largest absolute Gasteiger partial charge is 0.345 e. The molecule has 1 aromatic heterocycles. The van der Waals surface area contributed by atoms with Crippen LogP contribution in [-0.4, -0.2) is 20.7 Å². The van der Waals surface area contributed by atoms with E-state index in [-0.39, 0.29) is 11.9 Å². The third-order valence-corrected chi connectivity index (χ3v) is 4.46. The summed E-state index contributed by atoms with van der Waals surface area (Å²) in [5.41, 5.74) is 2.65. The number of carbonyl (C=O) groups excluding carboxylic acids is 1. The predicted molar refractivity (Wildman–Crippen MR) is 101 cm³/mol. The Bertz CT molecular complexity index is 1030. The van der Waals surface area contributed by atoms with Crippen LogP contribution in [0.15, 0.2) is 79.4 Å². The average molecular weight is 342 g/mol. The van der Waals surface area contributed by atoms with Crippen LogP contribution in [0.1, 0.15) is 28.9 Å².